The van der Waals surface area contributed by atoms with Crippen molar-refractivity contribution in [3.05, 3.63) is 69.2 Å². The minimum atomic E-state index is -0.706. The molecule has 5 nitrogen and oxygen atoms in total. The van der Waals surface area contributed by atoms with Crippen LogP contribution in [0.1, 0.15) is 31.1 Å². The summed E-state index contributed by atoms with van der Waals surface area (Å²) >= 11 is 11.9. The van der Waals surface area contributed by atoms with Crippen molar-refractivity contribution in [1.29, 1.82) is 0 Å². The largest absolute Gasteiger partial charge is 0.460 e. The van der Waals surface area contributed by atoms with Gasteiger partial charge in [0.15, 0.2) is 0 Å². The number of carbonyl (C=O) groups is 3. The molecular weight excluding hydrogens is 353 g/mol. The van der Waals surface area contributed by atoms with Crippen LogP contribution in [0.15, 0.2) is 42.5 Å². The SMILES string of the molecule is O=C(OCCN1C(=O)c2ccccc2C1=O)c1c(Cl)cccc1Cl. The molecule has 7 heteroatoms. The summed E-state index contributed by atoms with van der Waals surface area (Å²) in [5.74, 6) is -1.51. The summed E-state index contributed by atoms with van der Waals surface area (Å²) in [5.41, 5.74) is 0.758. The van der Waals surface area contributed by atoms with Gasteiger partial charge in [-0.05, 0) is 24.3 Å². The van der Waals surface area contributed by atoms with Crippen LogP contribution < -0.4 is 0 Å². The number of hydrogen-bond acceptors (Lipinski definition) is 4. The van der Waals surface area contributed by atoms with E-state index in [9.17, 15) is 14.4 Å². The molecule has 2 amide bonds. The highest BCUT2D eigenvalue weighted by molar-refractivity contribution is 6.39. The summed E-state index contributed by atoms with van der Waals surface area (Å²) < 4.78 is 5.09. The topological polar surface area (TPSA) is 63.7 Å². The molecule has 1 aliphatic heterocycles. The van der Waals surface area contributed by atoms with Gasteiger partial charge < -0.3 is 4.74 Å². The molecule has 2 aromatic carbocycles. The van der Waals surface area contributed by atoms with Crippen LogP contribution in [0.3, 0.4) is 0 Å². The van der Waals surface area contributed by atoms with Crippen molar-refractivity contribution in [2.24, 2.45) is 0 Å². The standard InChI is InChI=1S/C17H11Cl2NO4/c18-12-6-3-7-13(19)14(12)17(23)24-9-8-20-15(21)10-4-1-2-5-11(10)16(20)22/h1-7H,8-9H2. The van der Waals surface area contributed by atoms with Crippen LogP contribution in [0.25, 0.3) is 0 Å². The van der Waals surface area contributed by atoms with Gasteiger partial charge in [0.25, 0.3) is 11.8 Å². The molecule has 24 heavy (non-hydrogen) atoms. The Balaban J connectivity index is 1.65. The Bertz CT molecular complexity index is 795. The Labute approximate surface area is 147 Å². The lowest BCUT2D eigenvalue weighted by Gasteiger charge is -2.14. The predicted octanol–water partition coefficient (Wildman–Crippen LogP) is 3.45. The summed E-state index contributed by atoms with van der Waals surface area (Å²) in [6, 6.07) is 11.2. The molecule has 0 aliphatic carbocycles. The minimum Gasteiger partial charge on any atom is -0.460 e. The van der Waals surface area contributed by atoms with Gasteiger partial charge in [0, 0.05) is 0 Å². The van der Waals surface area contributed by atoms with Gasteiger partial charge in [-0.15, -0.1) is 0 Å². The van der Waals surface area contributed by atoms with Crippen molar-refractivity contribution >= 4 is 41.0 Å². The number of hydrogen-bond donors (Lipinski definition) is 0. The van der Waals surface area contributed by atoms with Crippen molar-refractivity contribution < 1.29 is 19.1 Å². The summed E-state index contributed by atoms with van der Waals surface area (Å²) in [6.07, 6.45) is 0. The van der Waals surface area contributed by atoms with E-state index in [1.807, 2.05) is 0 Å². The Hall–Kier alpha value is -2.37. The smallest absolute Gasteiger partial charge is 0.341 e. The number of rotatable bonds is 4. The predicted molar refractivity (Wildman–Crippen MR) is 88.6 cm³/mol. The molecule has 2 aromatic rings. The summed E-state index contributed by atoms with van der Waals surface area (Å²) in [6.45, 7) is -0.188. The molecule has 0 saturated carbocycles. The van der Waals surface area contributed by atoms with Crippen LogP contribution in [-0.2, 0) is 4.74 Å². The van der Waals surface area contributed by atoms with Crippen molar-refractivity contribution in [2.75, 3.05) is 13.2 Å². The summed E-state index contributed by atoms with van der Waals surface area (Å²) in [4.78, 5) is 37.5. The molecule has 0 saturated heterocycles. The number of esters is 1. The van der Waals surface area contributed by atoms with Gasteiger partial charge in [0.1, 0.15) is 6.61 Å². The van der Waals surface area contributed by atoms with Gasteiger partial charge in [0.2, 0.25) is 0 Å². The third-order valence-corrected chi connectivity index (χ3v) is 4.22. The van der Waals surface area contributed by atoms with Crippen molar-refractivity contribution in [2.45, 2.75) is 0 Å². The highest BCUT2D eigenvalue weighted by atomic mass is 35.5. The number of benzene rings is 2. The third-order valence-electron chi connectivity index (χ3n) is 3.59. The molecule has 0 N–H and O–H groups in total. The van der Waals surface area contributed by atoms with Crippen LogP contribution in [0.2, 0.25) is 10.0 Å². The van der Waals surface area contributed by atoms with Crippen LogP contribution in [0.4, 0.5) is 0 Å². The Kier molecular flexibility index (Phi) is 4.55. The first kappa shape index (κ1) is 16.5. The number of ether oxygens (including phenoxy) is 1. The van der Waals surface area contributed by atoms with Gasteiger partial charge in [-0.2, -0.15) is 0 Å². The number of nitrogens with zero attached hydrogens (tertiary/aromatic N) is 1. The molecule has 1 aliphatic rings. The summed E-state index contributed by atoms with van der Waals surface area (Å²) in [5, 5.41) is 0.349. The van der Waals surface area contributed by atoms with E-state index in [2.05, 4.69) is 0 Å². The Morgan fingerprint density at radius 1 is 0.917 bits per heavy atom. The first-order valence-corrected chi connectivity index (χ1v) is 7.82. The lowest BCUT2D eigenvalue weighted by molar-refractivity contribution is 0.0420. The van der Waals surface area contributed by atoms with Crippen molar-refractivity contribution in [1.82, 2.24) is 4.90 Å². The normalized spacial score (nSPS) is 13.2. The maximum Gasteiger partial charge on any atom is 0.341 e. The van der Waals surface area contributed by atoms with Gasteiger partial charge >= 0.3 is 5.97 Å². The first-order chi connectivity index (χ1) is 11.5. The molecule has 0 atom stereocenters. The zero-order chi connectivity index (χ0) is 17.3. The Morgan fingerprint density at radius 2 is 1.46 bits per heavy atom. The monoisotopic (exact) mass is 363 g/mol. The highest BCUT2D eigenvalue weighted by Crippen LogP contribution is 2.25. The molecule has 0 spiro atoms. The number of imide groups is 1. The lowest BCUT2D eigenvalue weighted by Crippen LogP contribution is -2.33. The molecule has 3 rings (SSSR count). The average molecular weight is 364 g/mol. The van der Waals surface area contributed by atoms with E-state index in [4.69, 9.17) is 27.9 Å². The van der Waals surface area contributed by atoms with Gasteiger partial charge in [-0.25, -0.2) is 4.79 Å². The number of fused-ring (bicyclic) bond motifs is 1. The van der Waals surface area contributed by atoms with Crippen molar-refractivity contribution in [3.8, 4) is 0 Å². The van der Waals surface area contributed by atoms with Crippen LogP contribution >= 0.6 is 23.2 Å². The summed E-state index contributed by atoms with van der Waals surface area (Å²) in [7, 11) is 0. The number of carbonyl (C=O) groups excluding carboxylic acids is 3. The first-order valence-electron chi connectivity index (χ1n) is 7.07. The average Bonchev–Trinajstić information content (AvgIpc) is 2.80. The number of halogens is 2. The second-order valence-corrected chi connectivity index (χ2v) is 5.85. The van der Waals surface area contributed by atoms with E-state index in [1.165, 1.54) is 12.1 Å². The van der Waals surface area contributed by atoms with E-state index in [1.54, 1.807) is 30.3 Å². The molecule has 0 fully saturated rings. The molecule has 0 aromatic heterocycles. The Morgan fingerprint density at radius 3 is 2.00 bits per heavy atom. The molecule has 122 valence electrons. The van der Waals surface area contributed by atoms with E-state index >= 15 is 0 Å². The quantitative estimate of drug-likeness (QED) is 0.616. The molecule has 0 radical (unpaired) electrons. The van der Waals surface area contributed by atoms with Crippen molar-refractivity contribution in [3.63, 3.8) is 0 Å². The second-order valence-electron chi connectivity index (χ2n) is 5.04. The fourth-order valence-corrected chi connectivity index (χ4v) is 2.99. The molecule has 0 unspecified atom stereocenters. The molecule has 0 bridgehead atoms. The molecular formula is C17H11Cl2NO4. The number of amides is 2. The zero-order valence-corrected chi connectivity index (χ0v) is 13.8. The van der Waals surface area contributed by atoms with Gasteiger partial charge in [-0.1, -0.05) is 41.4 Å². The van der Waals surface area contributed by atoms with E-state index < -0.39 is 17.8 Å². The van der Waals surface area contributed by atoms with Gasteiger partial charge in [-0.3, -0.25) is 14.5 Å². The maximum atomic E-state index is 12.2. The van der Waals surface area contributed by atoms with E-state index in [-0.39, 0.29) is 28.8 Å². The lowest BCUT2D eigenvalue weighted by atomic mass is 10.1. The second kappa shape index (κ2) is 6.63. The third kappa shape index (κ3) is 2.88. The fraction of sp³-hybridized carbons (Fsp3) is 0.118. The highest BCUT2D eigenvalue weighted by Gasteiger charge is 2.34. The zero-order valence-electron chi connectivity index (χ0n) is 12.3. The van der Waals surface area contributed by atoms with E-state index in [0.29, 0.717) is 11.1 Å². The maximum absolute atomic E-state index is 12.2. The van der Waals surface area contributed by atoms with Crippen LogP contribution in [-0.4, -0.2) is 35.8 Å². The van der Waals surface area contributed by atoms with E-state index in [0.717, 1.165) is 4.90 Å². The van der Waals surface area contributed by atoms with Crippen LogP contribution in [0, 0.1) is 0 Å². The van der Waals surface area contributed by atoms with Gasteiger partial charge in [0.05, 0.1) is 33.3 Å². The fourth-order valence-electron chi connectivity index (χ4n) is 2.44. The minimum absolute atomic E-state index is 0.0415. The molecule has 1 heterocycles. The van der Waals surface area contributed by atoms with Crippen LogP contribution in [0.5, 0.6) is 0 Å².